The van der Waals surface area contributed by atoms with Crippen LogP contribution in [0.25, 0.3) is 17.4 Å². The van der Waals surface area contributed by atoms with Crippen LogP contribution in [0.3, 0.4) is 0 Å². The lowest BCUT2D eigenvalue weighted by atomic mass is 9.83. The highest BCUT2D eigenvalue weighted by Gasteiger charge is 2.40. The molecule has 3 aliphatic heterocycles. The summed E-state index contributed by atoms with van der Waals surface area (Å²) in [7, 11) is -4.41. The molecule has 5 rings (SSSR count). The van der Waals surface area contributed by atoms with Crippen molar-refractivity contribution >= 4 is 39.7 Å². The SMILES string of the molecule is CC[N+](CC)=c1ccc2c(/C=C/C=C/C=C3\N(CCCCCC(=O)ON4C(=O)CCC4=O)c4ccc(S(=O)(=O)O)cc4C3(C)C)cc(C(C)(C)C)oc-2c1. The molecule has 0 spiro atoms. The minimum atomic E-state index is -4.41. The van der Waals surface area contributed by atoms with E-state index in [9.17, 15) is 27.4 Å². The first-order valence-electron chi connectivity index (χ1n) is 18.6. The number of amides is 2. The Balaban J connectivity index is 1.37. The van der Waals surface area contributed by atoms with E-state index >= 15 is 0 Å². The van der Waals surface area contributed by atoms with E-state index in [4.69, 9.17) is 9.25 Å². The molecule has 3 heterocycles. The lowest BCUT2D eigenvalue weighted by molar-refractivity contribution is -0.197. The molecule has 0 unspecified atom stereocenters. The Kier molecular flexibility index (Phi) is 12.2. The summed E-state index contributed by atoms with van der Waals surface area (Å²) in [6, 6.07) is 13.1. The van der Waals surface area contributed by atoms with Gasteiger partial charge in [-0.25, -0.2) is 9.37 Å². The highest BCUT2D eigenvalue weighted by Crippen LogP contribution is 2.48. The van der Waals surface area contributed by atoms with Gasteiger partial charge in [-0.1, -0.05) is 65.3 Å². The molecule has 1 aromatic carbocycles. The molecule has 1 N–H and O–H groups in total. The Labute approximate surface area is 318 Å². The third-order valence-electron chi connectivity index (χ3n) is 10.0. The minimum absolute atomic E-state index is 0.0457. The number of hydrogen-bond donors (Lipinski definition) is 1. The third kappa shape index (κ3) is 8.93. The molecular formula is C42H52N3O8S+. The maximum Gasteiger partial charge on any atom is 0.333 e. The Morgan fingerprint density at radius 1 is 0.963 bits per heavy atom. The molecule has 288 valence electrons. The number of allylic oxidation sites excluding steroid dienone is 5. The topological polar surface area (TPSA) is 137 Å². The number of carbonyl (C=O) groups is 3. The van der Waals surface area contributed by atoms with Crippen LogP contribution in [-0.4, -0.2) is 55.5 Å². The second-order valence-electron chi connectivity index (χ2n) is 15.3. The van der Waals surface area contributed by atoms with Gasteiger partial charge in [0.2, 0.25) is 5.36 Å². The summed E-state index contributed by atoms with van der Waals surface area (Å²) < 4.78 is 42.7. The summed E-state index contributed by atoms with van der Waals surface area (Å²) >= 11 is 0. The molecule has 54 heavy (non-hydrogen) atoms. The van der Waals surface area contributed by atoms with Gasteiger partial charge in [0.05, 0.1) is 11.0 Å². The zero-order chi connectivity index (χ0) is 39.4. The number of imide groups is 1. The molecule has 0 radical (unpaired) electrons. The van der Waals surface area contributed by atoms with Gasteiger partial charge in [0.1, 0.15) is 24.6 Å². The number of benzene rings is 2. The maximum absolute atomic E-state index is 12.3. The van der Waals surface area contributed by atoms with Crippen LogP contribution < -0.4 is 14.8 Å². The first kappa shape index (κ1) is 40.4. The van der Waals surface area contributed by atoms with Crippen LogP contribution in [-0.2, 0) is 40.2 Å². The van der Waals surface area contributed by atoms with Crippen molar-refractivity contribution in [1.29, 1.82) is 0 Å². The molecular weight excluding hydrogens is 707 g/mol. The molecule has 4 aliphatic rings. The lowest BCUT2D eigenvalue weighted by Gasteiger charge is -2.27. The van der Waals surface area contributed by atoms with Crippen molar-refractivity contribution in [3.05, 3.63) is 94.7 Å². The molecule has 0 aromatic heterocycles. The van der Waals surface area contributed by atoms with Crippen molar-refractivity contribution in [3.8, 4) is 11.3 Å². The molecule has 12 heteroatoms. The van der Waals surface area contributed by atoms with E-state index in [0.717, 1.165) is 58.0 Å². The van der Waals surface area contributed by atoms with Crippen LogP contribution >= 0.6 is 0 Å². The quantitative estimate of drug-likeness (QED) is 0.0633. The zero-order valence-electron chi connectivity index (χ0n) is 32.3. The Morgan fingerprint density at radius 3 is 2.31 bits per heavy atom. The Morgan fingerprint density at radius 2 is 1.67 bits per heavy atom. The standard InChI is InChI=1S/C42H51N3O8S/c1-8-43(9-2)30-19-21-32-29(26-37(41(3,4)5)52-35(32)27-30)16-12-10-13-17-36-42(6,7)33-28-31(54(49,50)51)20-22-34(33)44(36)25-15-11-14-18-40(48)53-45-38(46)23-24-39(45)47/h10,12-13,16-17,19-22,26-28H,8-9,11,14-15,18,23-25H2,1-7H3/p+1. The molecule has 0 atom stereocenters. The van der Waals surface area contributed by atoms with Gasteiger partial charge in [0.15, 0.2) is 0 Å². The summed E-state index contributed by atoms with van der Waals surface area (Å²) in [5, 5.41) is 1.68. The van der Waals surface area contributed by atoms with Gasteiger partial charge >= 0.3 is 5.97 Å². The first-order valence-corrected chi connectivity index (χ1v) is 20.1. The van der Waals surface area contributed by atoms with E-state index in [1.54, 1.807) is 6.07 Å². The van der Waals surface area contributed by atoms with Crippen molar-refractivity contribution < 1.29 is 36.6 Å². The van der Waals surface area contributed by atoms with E-state index in [0.29, 0.717) is 30.9 Å². The summed E-state index contributed by atoms with van der Waals surface area (Å²) in [6.45, 7) is 17.1. The zero-order valence-corrected chi connectivity index (χ0v) is 33.2. The van der Waals surface area contributed by atoms with E-state index in [-0.39, 0.29) is 29.6 Å². The van der Waals surface area contributed by atoms with Crippen LogP contribution in [0.1, 0.15) is 104 Å². The predicted octanol–water partition coefficient (Wildman–Crippen LogP) is 7.16. The van der Waals surface area contributed by atoms with Crippen LogP contribution in [0, 0.1) is 0 Å². The van der Waals surface area contributed by atoms with E-state index < -0.39 is 33.3 Å². The number of unbranched alkanes of at least 4 members (excludes halogenated alkanes) is 2. The van der Waals surface area contributed by atoms with E-state index in [1.165, 1.54) is 12.1 Å². The summed E-state index contributed by atoms with van der Waals surface area (Å²) in [5.74, 6) is 0.0783. The highest BCUT2D eigenvalue weighted by atomic mass is 32.2. The third-order valence-corrected chi connectivity index (χ3v) is 10.9. The lowest BCUT2D eigenvalue weighted by Crippen LogP contribution is -2.32. The van der Waals surface area contributed by atoms with E-state index in [2.05, 4.69) is 74.4 Å². The summed E-state index contributed by atoms with van der Waals surface area (Å²) in [4.78, 5) is 42.8. The molecule has 1 fully saturated rings. The van der Waals surface area contributed by atoms with Gasteiger partial charge in [-0.15, -0.1) is 5.06 Å². The van der Waals surface area contributed by atoms with Crippen LogP contribution in [0.2, 0.25) is 0 Å². The van der Waals surface area contributed by atoms with Crippen molar-refractivity contribution in [1.82, 2.24) is 9.64 Å². The fourth-order valence-electron chi connectivity index (χ4n) is 6.94. The van der Waals surface area contributed by atoms with Gasteiger partial charge in [-0.05, 0) is 74.2 Å². The molecule has 1 aromatic rings. The summed E-state index contributed by atoms with van der Waals surface area (Å²) in [6.07, 6.45) is 12.0. The smallest absolute Gasteiger partial charge is 0.333 e. The van der Waals surface area contributed by atoms with Crippen LogP contribution in [0.15, 0.2) is 81.8 Å². The van der Waals surface area contributed by atoms with E-state index in [1.807, 2.05) is 38.2 Å². The number of rotatable bonds is 13. The average Bonchev–Trinajstić information content (AvgIpc) is 3.53. The van der Waals surface area contributed by atoms with Gasteiger partial charge in [0.25, 0.3) is 21.9 Å². The Bertz CT molecular complexity index is 2150. The molecule has 1 saturated heterocycles. The molecule has 0 saturated carbocycles. The normalized spacial score (nSPS) is 16.8. The molecule has 1 aliphatic carbocycles. The van der Waals surface area contributed by atoms with Gasteiger partial charge in [0, 0.05) is 59.7 Å². The number of hydroxylamine groups is 2. The fraction of sp³-hybridized carbons (Fsp3) is 0.429. The number of carbonyl (C=O) groups excluding carboxylic acids is 3. The van der Waals surface area contributed by atoms with Crippen LogP contribution in [0.5, 0.6) is 0 Å². The van der Waals surface area contributed by atoms with Crippen molar-refractivity contribution in [3.63, 3.8) is 0 Å². The second-order valence-corrected chi connectivity index (χ2v) is 16.7. The van der Waals surface area contributed by atoms with Gasteiger partial charge < -0.3 is 14.2 Å². The monoisotopic (exact) mass is 758 g/mol. The molecule has 0 bridgehead atoms. The fourth-order valence-corrected chi connectivity index (χ4v) is 7.45. The Hall–Kier alpha value is -4.81. The number of hydrogen-bond acceptors (Lipinski definition) is 8. The number of fused-ring (bicyclic) bond motifs is 2. The van der Waals surface area contributed by atoms with Crippen molar-refractivity contribution in [2.75, 3.05) is 24.5 Å². The number of nitrogens with zero attached hydrogens (tertiary/aromatic N) is 3. The van der Waals surface area contributed by atoms with Gasteiger partial charge in [-0.3, -0.25) is 14.1 Å². The van der Waals surface area contributed by atoms with Crippen molar-refractivity contribution in [2.45, 2.75) is 103 Å². The summed E-state index contributed by atoms with van der Waals surface area (Å²) in [5.41, 5.74) is 3.83. The van der Waals surface area contributed by atoms with Crippen LogP contribution in [0.4, 0.5) is 5.69 Å². The predicted molar refractivity (Wildman–Crippen MR) is 209 cm³/mol. The van der Waals surface area contributed by atoms with Gasteiger partial charge in [-0.2, -0.15) is 8.42 Å². The average molecular weight is 759 g/mol. The molecule has 2 amide bonds. The van der Waals surface area contributed by atoms with Crippen molar-refractivity contribution in [2.24, 2.45) is 0 Å². The maximum atomic E-state index is 12.3. The molecule has 11 nitrogen and oxygen atoms in total. The second kappa shape index (κ2) is 16.3. The first-order chi connectivity index (χ1) is 25.4. The number of anilines is 1. The largest absolute Gasteiger partial charge is 0.460 e. The minimum Gasteiger partial charge on any atom is -0.460 e. The highest BCUT2D eigenvalue weighted by molar-refractivity contribution is 7.85.